The van der Waals surface area contributed by atoms with Crippen LogP contribution in [0.15, 0.2) is 30.9 Å². The molecule has 0 radical (unpaired) electrons. The molecule has 0 aliphatic rings. The molecule has 0 fully saturated rings. The van der Waals surface area contributed by atoms with Crippen LogP contribution >= 0.6 is 0 Å². The molecule has 1 aromatic rings. The second-order valence-corrected chi connectivity index (χ2v) is 4.83. The Morgan fingerprint density at radius 3 is 2.73 bits per heavy atom. The Bertz CT molecular complexity index is 528. The molecule has 7 heteroatoms. The van der Waals surface area contributed by atoms with Gasteiger partial charge in [0, 0.05) is 12.6 Å². The van der Waals surface area contributed by atoms with E-state index in [1.54, 1.807) is 6.92 Å². The summed E-state index contributed by atoms with van der Waals surface area (Å²) in [5, 5.41) is 2.53. The van der Waals surface area contributed by atoms with Gasteiger partial charge in [-0.05, 0) is 31.5 Å². The molecule has 1 unspecified atom stereocenters. The molecule has 1 amide bonds. The number of carbonyl (C=O) groups is 1. The Morgan fingerprint density at radius 2 is 2.18 bits per heavy atom. The smallest absolute Gasteiger partial charge is 0.416 e. The van der Waals surface area contributed by atoms with Crippen LogP contribution < -0.4 is 15.8 Å². The highest BCUT2D eigenvalue weighted by atomic mass is 19.4. The van der Waals surface area contributed by atoms with Gasteiger partial charge in [-0.15, -0.1) is 0 Å². The summed E-state index contributed by atoms with van der Waals surface area (Å²) < 4.78 is 43.5. The minimum atomic E-state index is -4.53. The van der Waals surface area contributed by atoms with E-state index in [4.69, 9.17) is 10.5 Å². The number of ether oxygens (including phenoxy) is 1. The van der Waals surface area contributed by atoms with E-state index in [-0.39, 0.29) is 30.5 Å². The minimum Gasteiger partial charge on any atom is -0.489 e. The van der Waals surface area contributed by atoms with Crippen molar-refractivity contribution < 1.29 is 22.7 Å². The number of benzene rings is 1. The third-order valence-electron chi connectivity index (χ3n) is 2.79. The van der Waals surface area contributed by atoms with Crippen molar-refractivity contribution in [2.45, 2.75) is 25.6 Å². The van der Waals surface area contributed by atoms with Crippen LogP contribution in [0.5, 0.6) is 5.75 Å². The first-order valence-electron chi connectivity index (χ1n) is 6.74. The van der Waals surface area contributed by atoms with Crippen LogP contribution in [0.1, 0.15) is 29.3 Å². The quantitative estimate of drug-likeness (QED) is 0.760. The van der Waals surface area contributed by atoms with Crippen LogP contribution in [-0.2, 0) is 6.18 Å². The topological polar surface area (TPSA) is 64.3 Å². The first-order valence-corrected chi connectivity index (χ1v) is 6.74. The summed E-state index contributed by atoms with van der Waals surface area (Å²) in [5.41, 5.74) is 4.49. The number of carbonyl (C=O) groups excluding carboxylic acids is 1. The average molecular weight is 316 g/mol. The Balaban J connectivity index is 2.99. The molecule has 0 saturated carbocycles. The molecule has 1 rings (SSSR count). The maximum Gasteiger partial charge on any atom is 0.416 e. The lowest BCUT2D eigenvalue weighted by Gasteiger charge is -2.14. The highest BCUT2D eigenvalue weighted by Gasteiger charge is 2.32. The lowest BCUT2D eigenvalue weighted by atomic mass is 10.1. The lowest BCUT2D eigenvalue weighted by molar-refractivity contribution is -0.137. The maximum absolute atomic E-state index is 12.8. The zero-order valence-corrected chi connectivity index (χ0v) is 12.2. The standard InChI is InChI=1S/C15H19F3N2O2/c1-3-8-22-13-5-4-11(15(16,17)18)9-12(13)14(21)20-7-6-10(2)19/h3-5,9-10H,1,6-8,19H2,2H3,(H,20,21). The van der Waals surface area contributed by atoms with Gasteiger partial charge in [-0.1, -0.05) is 12.7 Å². The van der Waals surface area contributed by atoms with Crippen LogP contribution in [0, 0.1) is 0 Å². The summed E-state index contributed by atoms with van der Waals surface area (Å²) in [5.74, 6) is -0.558. The number of halogens is 3. The third-order valence-corrected chi connectivity index (χ3v) is 2.79. The molecule has 1 atom stereocenters. The largest absolute Gasteiger partial charge is 0.489 e. The summed E-state index contributed by atoms with van der Waals surface area (Å²) in [6, 6.07) is 2.67. The predicted molar refractivity (Wildman–Crippen MR) is 77.7 cm³/mol. The van der Waals surface area contributed by atoms with Crippen LogP contribution in [0.25, 0.3) is 0 Å². The van der Waals surface area contributed by atoms with Gasteiger partial charge in [0.2, 0.25) is 0 Å². The van der Waals surface area contributed by atoms with Gasteiger partial charge in [-0.25, -0.2) is 0 Å². The van der Waals surface area contributed by atoms with Gasteiger partial charge in [-0.3, -0.25) is 4.79 Å². The zero-order valence-electron chi connectivity index (χ0n) is 12.2. The number of nitrogens with one attached hydrogen (secondary N) is 1. The van der Waals surface area contributed by atoms with Gasteiger partial charge < -0.3 is 15.8 Å². The molecule has 0 bridgehead atoms. The van der Waals surface area contributed by atoms with Crippen LogP contribution in [0.4, 0.5) is 13.2 Å². The minimum absolute atomic E-state index is 0.0752. The fourth-order valence-electron chi connectivity index (χ4n) is 1.67. The number of amides is 1. The number of hydrogen-bond donors (Lipinski definition) is 2. The summed E-state index contributed by atoms with van der Waals surface area (Å²) in [7, 11) is 0. The van der Waals surface area contributed by atoms with Crippen molar-refractivity contribution in [3.05, 3.63) is 42.0 Å². The fourth-order valence-corrected chi connectivity index (χ4v) is 1.67. The SMILES string of the molecule is C=CCOc1ccc(C(F)(F)F)cc1C(=O)NCCC(C)N. The van der Waals surface area contributed by atoms with E-state index in [9.17, 15) is 18.0 Å². The van der Waals surface area contributed by atoms with E-state index in [2.05, 4.69) is 11.9 Å². The van der Waals surface area contributed by atoms with E-state index in [1.807, 2.05) is 0 Å². The lowest BCUT2D eigenvalue weighted by Crippen LogP contribution is -2.29. The van der Waals surface area contributed by atoms with Crippen molar-refractivity contribution in [2.75, 3.05) is 13.2 Å². The fraction of sp³-hybridized carbons (Fsp3) is 0.400. The van der Waals surface area contributed by atoms with Crippen molar-refractivity contribution >= 4 is 5.91 Å². The van der Waals surface area contributed by atoms with Gasteiger partial charge in [0.25, 0.3) is 5.91 Å². The molecule has 1 aromatic carbocycles. The Hall–Kier alpha value is -2.02. The normalized spacial score (nSPS) is 12.6. The van der Waals surface area contributed by atoms with Crippen molar-refractivity contribution in [3.8, 4) is 5.75 Å². The molecular formula is C15H19F3N2O2. The van der Waals surface area contributed by atoms with Gasteiger partial charge >= 0.3 is 6.18 Å². The number of rotatable bonds is 7. The Morgan fingerprint density at radius 1 is 1.50 bits per heavy atom. The second kappa shape index (κ2) is 7.84. The second-order valence-electron chi connectivity index (χ2n) is 4.83. The molecule has 0 saturated heterocycles. The first kappa shape index (κ1) is 18.0. The molecule has 3 N–H and O–H groups in total. The van der Waals surface area contributed by atoms with E-state index in [1.165, 1.54) is 6.08 Å². The van der Waals surface area contributed by atoms with Crippen LogP contribution in [-0.4, -0.2) is 25.1 Å². The molecule has 4 nitrogen and oxygen atoms in total. The average Bonchev–Trinajstić information content (AvgIpc) is 2.43. The van der Waals surface area contributed by atoms with Crippen molar-refractivity contribution in [2.24, 2.45) is 5.73 Å². The molecular weight excluding hydrogens is 297 g/mol. The van der Waals surface area contributed by atoms with Crippen LogP contribution in [0.2, 0.25) is 0 Å². The molecule has 122 valence electrons. The number of hydrogen-bond acceptors (Lipinski definition) is 3. The maximum atomic E-state index is 12.8. The van der Waals surface area contributed by atoms with Crippen molar-refractivity contribution in [1.82, 2.24) is 5.32 Å². The zero-order chi connectivity index (χ0) is 16.8. The monoisotopic (exact) mass is 316 g/mol. The van der Waals surface area contributed by atoms with Crippen LogP contribution in [0.3, 0.4) is 0 Å². The first-order chi connectivity index (χ1) is 10.3. The van der Waals surface area contributed by atoms with E-state index in [0.717, 1.165) is 18.2 Å². The predicted octanol–water partition coefficient (Wildman–Crippen LogP) is 2.74. The Kier molecular flexibility index (Phi) is 6.42. The molecule has 0 aliphatic carbocycles. The Labute approximate surface area is 127 Å². The van der Waals surface area contributed by atoms with Gasteiger partial charge in [0.05, 0.1) is 11.1 Å². The highest BCUT2D eigenvalue weighted by molar-refractivity contribution is 5.97. The highest BCUT2D eigenvalue weighted by Crippen LogP contribution is 2.32. The molecule has 0 aromatic heterocycles. The molecule has 0 aliphatic heterocycles. The van der Waals surface area contributed by atoms with Gasteiger partial charge in [0.15, 0.2) is 0 Å². The van der Waals surface area contributed by atoms with Gasteiger partial charge in [-0.2, -0.15) is 13.2 Å². The van der Waals surface area contributed by atoms with E-state index < -0.39 is 17.6 Å². The number of alkyl halides is 3. The summed E-state index contributed by atoms with van der Waals surface area (Å²) in [4.78, 5) is 12.1. The number of nitrogens with two attached hydrogens (primary N) is 1. The third kappa shape index (κ3) is 5.40. The molecule has 22 heavy (non-hydrogen) atoms. The molecule has 0 spiro atoms. The van der Waals surface area contributed by atoms with E-state index >= 15 is 0 Å². The summed E-state index contributed by atoms with van der Waals surface area (Å²) in [6.45, 7) is 5.59. The van der Waals surface area contributed by atoms with Gasteiger partial charge in [0.1, 0.15) is 12.4 Å². The summed E-state index contributed by atoms with van der Waals surface area (Å²) >= 11 is 0. The van der Waals surface area contributed by atoms with E-state index in [0.29, 0.717) is 6.42 Å². The van der Waals surface area contributed by atoms with Crippen molar-refractivity contribution in [3.63, 3.8) is 0 Å². The molecule has 0 heterocycles. The van der Waals surface area contributed by atoms with Crippen molar-refractivity contribution in [1.29, 1.82) is 0 Å². The summed E-state index contributed by atoms with van der Waals surface area (Å²) in [6.07, 6.45) is -2.57.